The van der Waals surface area contributed by atoms with E-state index in [4.69, 9.17) is 16.3 Å². The summed E-state index contributed by atoms with van der Waals surface area (Å²) in [6.07, 6.45) is 2.45. The van der Waals surface area contributed by atoms with Crippen molar-refractivity contribution < 1.29 is 4.74 Å². The van der Waals surface area contributed by atoms with Gasteiger partial charge in [0, 0.05) is 17.0 Å². The molecule has 1 aliphatic carbocycles. The zero-order chi connectivity index (χ0) is 11.1. The Bertz CT molecular complexity index is 549. The van der Waals surface area contributed by atoms with Crippen molar-refractivity contribution in [2.24, 2.45) is 0 Å². The van der Waals surface area contributed by atoms with Gasteiger partial charge in [-0.3, -0.25) is 0 Å². The SMILES string of the molecule is COc1cccc2c(Cl)cc(C3CC3)nc12. The van der Waals surface area contributed by atoms with Gasteiger partial charge >= 0.3 is 0 Å². The average molecular weight is 234 g/mol. The zero-order valence-electron chi connectivity index (χ0n) is 9.03. The summed E-state index contributed by atoms with van der Waals surface area (Å²) in [6, 6.07) is 7.82. The van der Waals surface area contributed by atoms with Crippen LogP contribution in [0.1, 0.15) is 24.5 Å². The van der Waals surface area contributed by atoms with Gasteiger partial charge in [-0.2, -0.15) is 0 Å². The lowest BCUT2D eigenvalue weighted by atomic mass is 10.1. The number of halogens is 1. The fourth-order valence-corrected chi connectivity index (χ4v) is 2.22. The number of methoxy groups -OCH3 is 1. The first-order valence-electron chi connectivity index (χ1n) is 5.43. The van der Waals surface area contributed by atoms with Gasteiger partial charge in [0.15, 0.2) is 0 Å². The average Bonchev–Trinajstić information content (AvgIpc) is 3.12. The van der Waals surface area contributed by atoms with E-state index < -0.39 is 0 Å². The summed E-state index contributed by atoms with van der Waals surface area (Å²) in [7, 11) is 1.66. The molecule has 0 radical (unpaired) electrons. The minimum absolute atomic E-state index is 0.604. The van der Waals surface area contributed by atoms with E-state index in [-0.39, 0.29) is 0 Å². The molecule has 3 rings (SSSR count). The highest BCUT2D eigenvalue weighted by atomic mass is 35.5. The molecular formula is C13H12ClNO. The number of fused-ring (bicyclic) bond motifs is 1. The molecule has 3 heteroatoms. The number of hydrogen-bond acceptors (Lipinski definition) is 2. The molecule has 1 aromatic heterocycles. The van der Waals surface area contributed by atoms with Crippen molar-refractivity contribution in [3.8, 4) is 5.75 Å². The first kappa shape index (κ1) is 9.91. The number of rotatable bonds is 2. The maximum absolute atomic E-state index is 6.27. The third kappa shape index (κ3) is 1.54. The lowest BCUT2D eigenvalue weighted by molar-refractivity contribution is 0.419. The molecular weight excluding hydrogens is 222 g/mol. The normalized spacial score (nSPS) is 15.4. The number of ether oxygens (including phenoxy) is 1. The Morgan fingerprint density at radius 2 is 2.19 bits per heavy atom. The van der Waals surface area contributed by atoms with Crippen LogP contribution in [0.3, 0.4) is 0 Å². The molecule has 82 valence electrons. The summed E-state index contributed by atoms with van der Waals surface area (Å²) in [5.74, 6) is 1.40. The fraction of sp³-hybridized carbons (Fsp3) is 0.308. The molecule has 0 bridgehead atoms. The van der Waals surface area contributed by atoms with E-state index in [2.05, 4.69) is 4.98 Å². The van der Waals surface area contributed by atoms with E-state index in [0.29, 0.717) is 5.92 Å². The highest BCUT2D eigenvalue weighted by molar-refractivity contribution is 6.35. The van der Waals surface area contributed by atoms with Crippen LogP contribution in [-0.2, 0) is 0 Å². The van der Waals surface area contributed by atoms with E-state index >= 15 is 0 Å². The van der Waals surface area contributed by atoms with Crippen molar-refractivity contribution in [1.82, 2.24) is 4.98 Å². The molecule has 0 spiro atoms. The lowest BCUT2D eigenvalue weighted by Gasteiger charge is -2.08. The second-order valence-electron chi connectivity index (χ2n) is 4.16. The monoisotopic (exact) mass is 233 g/mol. The van der Waals surface area contributed by atoms with Crippen LogP contribution in [0.25, 0.3) is 10.9 Å². The molecule has 1 aliphatic rings. The molecule has 1 saturated carbocycles. The zero-order valence-corrected chi connectivity index (χ0v) is 9.79. The van der Waals surface area contributed by atoms with Gasteiger partial charge in [0.25, 0.3) is 0 Å². The van der Waals surface area contributed by atoms with Crippen LogP contribution >= 0.6 is 11.6 Å². The maximum Gasteiger partial charge on any atom is 0.145 e. The van der Waals surface area contributed by atoms with Crippen LogP contribution in [0, 0.1) is 0 Å². The minimum atomic E-state index is 0.604. The Morgan fingerprint density at radius 3 is 2.88 bits per heavy atom. The molecule has 1 heterocycles. The lowest BCUT2D eigenvalue weighted by Crippen LogP contribution is -1.92. The highest BCUT2D eigenvalue weighted by Crippen LogP contribution is 2.41. The Hall–Kier alpha value is -1.28. The standard InChI is InChI=1S/C13H12ClNO/c1-16-12-4-2-3-9-10(14)7-11(8-5-6-8)15-13(9)12/h2-4,7-8H,5-6H2,1H3. The molecule has 2 nitrogen and oxygen atoms in total. The Morgan fingerprint density at radius 1 is 1.38 bits per heavy atom. The number of hydrogen-bond donors (Lipinski definition) is 0. The Labute approximate surface area is 99.2 Å². The Balaban J connectivity index is 2.29. The number of pyridine rings is 1. The van der Waals surface area contributed by atoms with Crippen LogP contribution in [0.4, 0.5) is 0 Å². The second kappa shape index (κ2) is 3.63. The highest BCUT2D eigenvalue weighted by Gasteiger charge is 2.26. The van der Waals surface area contributed by atoms with Gasteiger partial charge in [0.05, 0.1) is 12.1 Å². The Kier molecular flexibility index (Phi) is 2.25. The molecule has 0 amide bonds. The molecule has 0 unspecified atom stereocenters. The molecule has 1 fully saturated rings. The largest absolute Gasteiger partial charge is 0.494 e. The molecule has 0 saturated heterocycles. The first-order chi connectivity index (χ1) is 7.79. The van der Waals surface area contributed by atoms with Crippen LogP contribution < -0.4 is 4.74 Å². The predicted octanol–water partition coefficient (Wildman–Crippen LogP) is 3.77. The van der Waals surface area contributed by atoms with Crippen molar-refractivity contribution in [3.05, 3.63) is 35.0 Å². The maximum atomic E-state index is 6.27. The van der Waals surface area contributed by atoms with E-state index in [9.17, 15) is 0 Å². The number of benzene rings is 1. The third-order valence-corrected chi connectivity index (χ3v) is 3.30. The summed E-state index contributed by atoms with van der Waals surface area (Å²) < 4.78 is 5.32. The van der Waals surface area contributed by atoms with E-state index in [0.717, 1.165) is 27.4 Å². The van der Waals surface area contributed by atoms with Crippen LogP contribution in [-0.4, -0.2) is 12.1 Å². The molecule has 0 N–H and O–H groups in total. The van der Waals surface area contributed by atoms with E-state index in [1.165, 1.54) is 12.8 Å². The van der Waals surface area contributed by atoms with Crippen LogP contribution in [0.15, 0.2) is 24.3 Å². The summed E-state index contributed by atoms with van der Waals surface area (Å²) in [5, 5.41) is 1.73. The van der Waals surface area contributed by atoms with Gasteiger partial charge < -0.3 is 4.74 Å². The van der Waals surface area contributed by atoms with Gasteiger partial charge in [0.2, 0.25) is 0 Å². The molecule has 16 heavy (non-hydrogen) atoms. The quantitative estimate of drug-likeness (QED) is 0.788. The van der Waals surface area contributed by atoms with Crippen molar-refractivity contribution in [3.63, 3.8) is 0 Å². The molecule has 1 aromatic carbocycles. The summed E-state index contributed by atoms with van der Waals surface area (Å²) in [6.45, 7) is 0. The second-order valence-corrected chi connectivity index (χ2v) is 4.57. The molecule has 0 aliphatic heterocycles. The number of nitrogens with zero attached hydrogens (tertiary/aromatic N) is 1. The van der Waals surface area contributed by atoms with Gasteiger partial charge in [-0.05, 0) is 25.0 Å². The van der Waals surface area contributed by atoms with Crippen LogP contribution in [0.5, 0.6) is 5.75 Å². The number of aromatic nitrogens is 1. The minimum Gasteiger partial charge on any atom is -0.494 e. The van der Waals surface area contributed by atoms with Crippen molar-refractivity contribution in [2.45, 2.75) is 18.8 Å². The molecule has 0 atom stereocenters. The summed E-state index contributed by atoms with van der Waals surface area (Å²) in [5.41, 5.74) is 1.97. The van der Waals surface area contributed by atoms with Crippen molar-refractivity contribution >= 4 is 22.5 Å². The van der Waals surface area contributed by atoms with Crippen molar-refractivity contribution in [2.75, 3.05) is 7.11 Å². The van der Waals surface area contributed by atoms with E-state index in [1.807, 2.05) is 24.3 Å². The summed E-state index contributed by atoms with van der Waals surface area (Å²) in [4.78, 5) is 4.66. The molecule has 2 aromatic rings. The van der Waals surface area contributed by atoms with E-state index in [1.54, 1.807) is 7.11 Å². The third-order valence-electron chi connectivity index (χ3n) is 2.99. The van der Waals surface area contributed by atoms with Gasteiger partial charge in [0.1, 0.15) is 11.3 Å². The number of para-hydroxylation sites is 1. The first-order valence-corrected chi connectivity index (χ1v) is 5.80. The predicted molar refractivity (Wildman–Crippen MR) is 65.3 cm³/mol. The smallest absolute Gasteiger partial charge is 0.145 e. The van der Waals surface area contributed by atoms with Crippen molar-refractivity contribution in [1.29, 1.82) is 0 Å². The summed E-state index contributed by atoms with van der Waals surface area (Å²) >= 11 is 6.27. The fourth-order valence-electron chi connectivity index (χ4n) is 1.95. The van der Waals surface area contributed by atoms with Crippen LogP contribution in [0.2, 0.25) is 5.02 Å². The van der Waals surface area contributed by atoms with Gasteiger partial charge in [-0.1, -0.05) is 23.7 Å². The van der Waals surface area contributed by atoms with Gasteiger partial charge in [-0.15, -0.1) is 0 Å². The topological polar surface area (TPSA) is 22.1 Å². The van der Waals surface area contributed by atoms with Gasteiger partial charge in [-0.25, -0.2) is 4.98 Å².